The Morgan fingerprint density at radius 2 is 1.92 bits per heavy atom. The molecule has 0 atom stereocenters. The van der Waals surface area contributed by atoms with Gasteiger partial charge in [-0.25, -0.2) is 4.98 Å². The summed E-state index contributed by atoms with van der Waals surface area (Å²) in [6.45, 7) is 0.115. The van der Waals surface area contributed by atoms with E-state index in [0.29, 0.717) is 17.0 Å². The van der Waals surface area contributed by atoms with E-state index in [1.165, 1.54) is 0 Å². The Labute approximate surface area is 151 Å². The van der Waals surface area contributed by atoms with E-state index in [2.05, 4.69) is 15.3 Å². The number of para-hydroxylation sites is 1. The fourth-order valence-electron chi connectivity index (χ4n) is 2.58. The van der Waals surface area contributed by atoms with Gasteiger partial charge in [-0.1, -0.05) is 24.3 Å². The normalized spacial score (nSPS) is 10.4. The second kappa shape index (κ2) is 8.22. The molecule has 0 aliphatic rings. The van der Waals surface area contributed by atoms with E-state index in [4.69, 9.17) is 9.84 Å². The van der Waals surface area contributed by atoms with Gasteiger partial charge in [0.25, 0.3) is 5.91 Å². The third-order valence-corrected chi connectivity index (χ3v) is 3.84. The molecule has 0 saturated heterocycles. The summed E-state index contributed by atoms with van der Waals surface area (Å²) in [7, 11) is 1.62. The summed E-state index contributed by atoms with van der Waals surface area (Å²) >= 11 is 0. The van der Waals surface area contributed by atoms with Crippen LogP contribution in [0.1, 0.15) is 10.4 Å². The highest BCUT2D eigenvalue weighted by Crippen LogP contribution is 2.29. The van der Waals surface area contributed by atoms with Gasteiger partial charge in [0, 0.05) is 23.2 Å². The van der Waals surface area contributed by atoms with Crippen LogP contribution in [0.2, 0.25) is 0 Å². The topological polar surface area (TPSA) is 84.3 Å². The molecule has 6 heteroatoms. The number of ether oxygens (including phenoxy) is 1. The smallest absolute Gasteiger partial charge is 0.251 e. The van der Waals surface area contributed by atoms with Crippen LogP contribution in [0.4, 0.5) is 0 Å². The summed E-state index contributed by atoms with van der Waals surface area (Å²) in [4.78, 5) is 21.0. The van der Waals surface area contributed by atoms with Crippen molar-refractivity contribution in [3.05, 3.63) is 66.5 Å². The molecule has 6 nitrogen and oxygen atoms in total. The molecule has 1 heterocycles. The Morgan fingerprint density at radius 3 is 2.73 bits per heavy atom. The average molecular weight is 349 g/mol. The van der Waals surface area contributed by atoms with Crippen molar-refractivity contribution in [1.29, 1.82) is 0 Å². The molecule has 132 valence electrons. The molecule has 0 aliphatic heterocycles. The Morgan fingerprint density at radius 1 is 1.12 bits per heavy atom. The van der Waals surface area contributed by atoms with Crippen LogP contribution in [0.25, 0.3) is 22.5 Å². The monoisotopic (exact) mass is 349 g/mol. The number of benzene rings is 2. The maximum Gasteiger partial charge on any atom is 0.251 e. The Kier molecular flexibility index (Phi) is 5.56. The minimum absolute atomic E-state index is 0.0993. The maximum atomic E-state index is 12.1. The first-order valence-corrected chi connectivity index (χ1v) is 8.18. The van der Waals surface area contributed by atoms with Crippen molar-refractivity contribution >= 4 is 5.91 Å². The Bertz CT molecular complexity index is 912. The van der Waals surface area contributed by atoms with Crippen molar-refractivity contribution in [3.63, 3.8) is 0 Å². The van der Waals surface area contributed by atoms with E-state index in [1.54, 1.807) is 37.7 Å². The molecular formula is C20H19N3O3. The summed E-state index contributed by atoms with van der Waals surface area (Å²) in [5.41, 5.74) is 3.48. The highest BCUT2D eigenvalue weighted by molar-refractivity contribution is 5.95. The number of aliphatic hydroxyl groups excluding tert-OH is 1. The van der Waals surface area contributed by atoms with Gasteiger partial charge >= 0.3 is 0 Å². The number of hydrogen-bond acceptors (Lipinski definition) is 5. The molecule has 0 bridgehead atoms. The van der Waals surface area contributed by atoms with Crippen molar-refractivity contribution in [2.45, 2.75) is 0 Å². The van der Waals surface area contributed by atoms with Gasteiger partial charge in [-0.2, -0.15) is 0 Å². The quantitative estimate of drug-likeness (QED) is 0.714. The van der Waals surface area contributed by atoms with E-state index in [0.717, 1.165) is 16.9 Å². The number of amides is 1. The molecule has 2 aromatic carbocycles. The lowest BCUT2D eigenvalue weighted by molar-refractivity contribution is 0.0945. The maximum absolute atomic E-state index is 12.1. The van der Waals surface area contributed by atoms with Crippen LogP contribution in [0.15, 0.2) is 60.9 Å². The lowest BCUT2D eigenvalue weighted by atomic mass is 10.1. The molecule has 3 aromatic rings. The summed E-state index contributed by atoms with van der Waals surface area (Å²) in [6.07, 6.45) is 3.34. The van der Waals surface area contributed by atoms with Crippen molar-refractivity contribution < 1.29 is 14.6 Å². The van der Waals surface area contributed by atoms with E-state index in [1.807, 2.05) is 30.3 Å². The Balaban J connectivity index is 1.95. The molecule has 0 radical (unpaired) electrons. The van der Waals surface area contributed by atoms with E-state index < -0.39 is 0 Å². The highest BCUT2D eigenvalue weighted by atomic mass is 16.5. The van der Waals surface area contributed by atoms with Gasteiger partial charge in [-0.15, -0.1) is 0 Å². The SMILES string of the molecule is COc1ccccc1-c1cncc(-c2cccc(C(=O)NCCO)c2)n1. The third-order valence-electron chi connectivity index (χ3n) is 3.84. The Hall–Kier alpha value is -3.25. The minimum atomic E-state index is -0.241. The number of methoxy groups -OCH3 is 1. The van der Waals surface area contributed by atoms with Gasteiger partial charge in [0.15, 0.2) is 0 Å². The zero-order chi connectivity index (χ0) is 18.4. The second-order valence-corrected chi connectivity index (χ2v) is 5.55. The molecule has 3 rings (SSSR count). The number of hydrogen-bond donors (Lipinski definition) is 2. The number of carbonyl (C=O) groups excluding carboxylic acids is 1. The number of rotatable bonds is 6. The van der Waals surface area contributed by atoms with Crippen molar-refractivity contribution in [2.75, 3.05) is 20.3 Å². The molecule has 0 fully saturated rings. The molecule has 2 N–H and O–H groups in total. The number of aliphatic hydroxyl groups is 1. The first-order valence-electron chi connectivity index (χ1n) is 8.18. The third kappa shape index (κ3) is 3.87. The van der Waals surface area contributed by atoms with Gasteiger partial charge in [0.1, 0.15) is 5.75 Å². The number of nitrogens with one attached hydrogen (secondary N) is 1. The number of aromatic nitrogens is 2. The summed E-state index contributed by atoms with van der Waals surface area (Å²) in [5, 5.41) is 11.5. The van der Waals surface area contributed by atoms with Crippen molar-refractivity contribution in [3.8, 4) is 28.3 Å². The summed E-state index contributed by atoms with van der Waals surface area (Å²) in [6, 6.07) is 14.7. The summed E-state index contributed by atoms with van der Waals surface area (Å²) < 4.78 is 5.39. The molecule has 1 amide bonds. The molecule has 1 aromatic heterocycles. The first kappa shape index (κ1) is 17.6. The number of carbonyl (C=O) groups is 1. The molecule has 0 unspecified atom stereocenters. The largest absolute Gasteiger partial charge is 0.496 e. The minimum Gasteiger partial charge on any atom is -0.496 e. The second-order valence-electron chi connectivity index (χ2n) is 5.55. The standard InChI is InChI=1S/C20H19N3O3/c1-26-19-8-3-2-7-16(19)18-13-21-12-17(23-18)14-5-4-6-15(11-14)20(25)22-9-10-24/h2-8,11-13,24H,9-10H2,1H3,(H,22,25). The fraction of sp³-hybridized carbons (Fsp3) is 0.150. The predicted octanol–water partition coefficient (Wildman–Crippen LogP) is 2.54. The van der Waals surface area contributed by atoms with Gasteiger partial charge in [-0.05, 0) is 24.3 Å². The number of nitrogens with zero attached hydrogens (tertiary/aromatic N) is 2. The van der Waals surface area contributed by atoms with Gasteiger partial charge in [0.2, 0.25) is 0 Å². The van der Waals surface area contributed by atoms with Crippen molar-refractivity contribution in [2.24, 2.45) is 0 Å². The lowest BCUT2D eigenvalue weighted by Crippen LogP contribution is -2.26. The van der Waals surface area contributed by atoms with Gasteiger partial charge in [0.05, 0.1) is 37.5 Å². The van der Waals surface area contributed by atoms with E-state index >= 15 is 0 Å². The molecular weight excluding hydrogens is 330 g/mol. The van der Waals surface area contributed by atoms with E-state index in [-0.39, 0.29) is 19.1 Å². The molecule has 0 spiro atoms. The zero-order valence-electron chi connectivity index (χ0n) is 14.3. The van der Waals surface area contributed by atoms with Crippen LogP contribution in [0.5, 0.6) is 5.75 Å². The fourth-order valence-corrected chi connectivity index (χ4v) is 2.58. The molecule has 0 saturated carbocycles. The van der Waals surface area contributed by atoms with E-state index in [9.17, 15) is 4.79 Å². The average Bonchev–Trinajstić information content (AvgIpc) is 2.72. The molecule has 26 heavy (non-hydrogen) atoms. The highest BCUT2D eigenvalue weighted by Gasteiger charge is 2.11. The van der Waals surface area contributed by atoms with Crippen LogP contribution in [0, 0.1) is 0 Å². The van der Waals surface area contributed by atoms with Crippen LogP contribution >= 0.6 is 0 Å². The van der Waals surface area contributed by atoms with Gasteiger partial charge < -0.3 is 15.2 Å². The lowest BCUT2D eigenvalue weighted by Gasteiger charge is -2.09. The van der Waals surface area contributed by atoms with Crippen molar-refractivity contribution in [1.82, 2.24) is 15.3 Å². The van der Waals surface area contributed by atoms with Crippen LogP contribution in [-0.4, -0.2) is 41.2 Å². The summed E-state index contributed by atoms with van der Waals surface area (Å²) in [5.74, 6) is 0.478. The van der Waals surface area contributed by atoms with Crippen LogP contribution < -0.4 is 10.1 Å². The predicted molar refractivity (Wildman–Crippen MR) is 98.9 cm³/mol. The van der Waals surface area contributed by atoms with Gasteiger partial charge in [-0.3, -0.25) is 9.78 Å². The zero-order valence-corrected chi connectivity index (χ0v) is 14.3. The first-order chi connectivity index (χ1) is 12.7. The van der Waals surface area contributed by atoms with Crippen LogP contribution in [-0.2, 0) is 0 Å². The molecule has 0 aliphatic carbocycles. The van der Waals surface area contributed by atoms with Crippen LogP contribution in [0.3, 0.4) is 0 Å².